The van der Waals surface area contributed by atoms with Gasteiger partial charge in [0.05, 0.1) is 38.5 Å². The highest BCUT2D eigenvalue weighted by atomic mass is 79.9. The number of anilines is 2. The van der Waals surface area contributed by atoms with E-state index in [1.807, 2.05) is 91.1 Å². The fraction of sp³-hybridized carbons (Fsp3) is 0. The van der Waals surface area contributed by atoms with Gasteiger partial charge < -0.3 is 16.5 Å². The molecule has 0 aliphatic rings. The van der Waals surface area contributed by atoms with Gasteiger partial charge in [0.2, 0.25) is 0 Å². The second kappa shape index (κ2) is 23.1. The van der Waals surface area contributed by atoms with E-state index in [4.69, 9.17) is 38.0 Å². The quantitative estimate of drug-likeness (QED) is 0.0677. The first-order chi connectivity index (χ1) is 41.3. The molecule has 0 radical (unpaired) electrons. The first-order valence-electron chi connectivity index (χ1n) is 27.3. The predicted molar refractivity (Wildman–Crippen MR) is 356 cm³/mol. The van der Waals surface area contributed by atoms with Crippen LogP contribution >= 0.6 is 27.5 Å². The number of rotatable bonds is 2. The number of hydrogen-bond donors (Lipinski definition) is 3. The first-order valence-corrected chi connectivity index (χ1v) is 28.4. The number of halogens is 2. The van der Waals surface area contributed by atoms with Crippen molar-refractivity contribution in [2.24, 2.45) is 0 Å². The molecule has 12 aromatic carbocycles. The van der Waals surface area contributed by atoms with Gasteiger partial charge >= 0.3 is 0 Å². The van der Waals surface area contributed by atoms with Gasteiger partial charge in [0.1, 0.15) is 21.7 Å². The molecule has 0 aliphatic heterocycles. The number of carbonyl (C=O) groups is 1. The minimum atomic E-state index is 0.646. The Bertz CT molecular complexity index is 5210. The molecule has 0 aliphatic carbocycles. The predicted octanol–water partition coefficient (Wildman–Crippen LogP) is 19.2. The topological polar surface area (TPSA) is 141 Å². The Morgan fingerprint density at radius 2 is 0.905 bits per heavy atom. The van der Waals surface area contributed by atoms with Crippen LogP contribution in [0.2, 0.25) is 5.02 Å². The standard InChI is InChI=1S/C26H15N3.C21H14N2.C15H10O.C6H8N2.C5H3BrClN/c1-3-10-18-16(8-1)17-9-2-4-11-19(17)24-23(18)20-12-7-15-27-25(20)29-22-14-6-5-13-21(22)28-26(24)29;1-2-8-15-14(7-1)13-18(17-10-4-3-9-16(15)17)21-22-19-11-5-6-12-20(19)23-21;16-10-12-9-11-5-1-2-6-13(11)15-8-4-3-7-14(12)15;7-5-3-1-2-4-6(5)8;6-5-4(7)2-1-3-8-5/h1-15H;1-13H,(H,22,23);1-10H;1-4H,7-8H2;1-3H. The van der Waals surface area contributed by atoms with Crippen molar-refractivity contribution in [1.82, 2.24) is 29.3 Å². The number of pyridine rings is 3. The van der Waals surface area contributed by atoms with E-state index in [1.54, 1.807) is 30.5 Å². The van der Waals surface area contributed by atoms with Crippen molar-refractivity contribution in [1.29, 1.82) is 0 Å². The molecule has 84 heavy (non-hydrogen) atoms. The van der Waals surface area contributed by atoms with Gasteiger partial charge in [0, 0.05) is 39.7 Å². The summed E-state index contributed by atoms with van der Waals surface area (Å²) in [6.45, 7) is 0. The fourth-order valence-corrected chi connectivity index (χ4v) is 11.6. The lowest BCUT2D eigenvalue weighted by molar-refractivity contribution is 0.112. The summed E-state index contributed by atoms with van der Waals surface area (Å²) in [4.78, 5) is 33.0. The maximum Gasteiger partial charge on any atom is 0.150 e. The smallest absolute Gasteiger partial charge is 0.150 e. The maximum absolute atomic E-state index is 11.1. The molecule has 0 saturated heterocycles. The molecule has 17 rings (SSSR count). The normalized spacial score (nSPS) is 11.1. The van der Waals surface area contributed by atoms with E-state index in [1.165, 1.54) is 59.2 Å². The maximum atomic E-state index is 11.1. The average Bonchev–Trinajstić information content (AvgIpc) is 1.49. The highest BCUT2D eigenvalue weighted by Crippen LogP contribution is 2.42. The number of nitrogens with two attached hydrogens (primary N) is 2. The molecule has 0 saturated carbocycles. The number of imidazole rings is 2. The van der Waals surface area contributed by atoms with Crippen molar-refractivity contribution in [2.45, 2.75) is 0 Å². The van der Waals surface area contributed by atoms with Gasteiger partial charge in [-0.05, 0) is 153 Å². The number of nitrogens with one attached hydrogen (secondary N) is 1. The van der Waals surface area contributed by atoms with Crippen LogP contribution in [0.4, 0.5) is 11.4 Å². The van der Waals surface area contributed by atoms with Crippen LogP contribution < -0.4 is 11.5 Å². The lowest BCUT2D eigenvalue weighted by atomic mass is 9.93. The Balaban J connectivity index is 0.000000107. The molecule has 0 bridgehead atoms. The van der Waals surface area contributed by atoms with Crippen molar-refractivity contribution >= 4 is 159 Å². The molecule has 0 amide bonds. The molecule has 0 atom stereocenters. The first kappa shape index (κ1) is 52.8. The van der Waals surface area contributed by atoms with Crippen LogP contribution in [0.3, 0.4) is 0 Å². The van der Waals surface area contributed by atoms with E-state index < -0.39 is 0 Å². The van der Waals surface area contributed by atoms with E-state index in [2.05, 4.69) is 176 Å². The monoisotopic (exact) mass is 1170 g/mol. The van der Waals surface area contributed by atoms with Crippen molar-refractivity contribution in [3.63, 3.8) is 0 Å². The average molecular weight is 1170 g/mol. The lowest BCUT2D eigenvalue weighted by Crippen LogP contribution is -1.95. The molecule has 0 unspecified atom stereocenters. The molecule has 402 valence electrons. The number of para-hydroxylation sites is 6. The zero-order valence-electron chi connectivity index (χ0n) is 45.0. The third-order valence-electron chi connectivity index (χ3n) is 15.0. The summed E-state index contributed by atoms with van der Waals surface area (Å²) in [7, 11) is 0. The molecule has 0 fully saturated rings. The summed E-state index contributed by atoms with van der Waals surface area (Å²) in [5, 5.41) is 18.7. The van der Waals surface area contributed by atoms with Gasteiger partial charge in [-0.1, -0.05) is 194 Å². The number of benzene rings is 12. The molecule has 0 spiro atoms. The van der Waals surface area contributed by atoms with E-state index in [9.17, 15) is 4.79 Å². The summed E-state index contributed by atoms with van der Waals surface area (Å²) in [5.41, 5.74) is 20.1. The number of nitrogen functional groups attached to an aromatic ring is 2. The Kier molecular flexibility index (Phi) is 14.6. The number of fused-ring (bicyclic) bond motifs is 20. The van der Waals surface area contributed by atoms with Crippen molar-refractivity contribution < 1.29 is 4.79 Å². The molecule has 11 heteroatoms. The fourth-order valence-electron chi connectivity index (χ4n) is 11.2. The summed E-state index contributed by atoms with van der Waals surface area (Å²) >= 11 is 8.75. The summed E-state index contributed by atoms with van der Waals surface area (Å²) in [6, 6.07) is 86.2. The SMILES string of the molecule is Clc1cccnc1Br.Nc1ccccc1N.O=Cc1cc2ccccc2c2ccccc12.c1ccc2c(c1)cc(-c1nc3ccccc3[nH]1)c1ccccc12.c1ccc2c(c1)nc1c3c4ccccc4c4ccccc4c3c3cccnc3n21. The molecule has 9 nitrogen and oxygen atoms in total. The minimum absolute atomic E-state index is 0.646. The zero-order valence-corrected chi connectivity index (χ0v) is 47.4. The number of carbonyl (C=O) groups excluding carboxylic acids is 1. The van der Waals surface area contributed by atoms with E-state index in [-0.39, 0.29) is 0 Å². The minimum Gasteiger partial charge on any atom is -0.397 e. The number of H-pyrrole nitrogens is 1. The zero-order chi connectivity index (χ0) is 57.1. The van der Waals surface area contributed by atoms with E-state index in [0.717, 1.165) is 78.1 Å². The highest BCUT2D eigenvalue weighted by Gasteiger charge is 2.19. The van der Waals surface area contributed by atoms with Crippen LogP contribution in [0.25, 0.3) is 126 Å². The molecule has 17 aromatic rings. The third kappa shape index (κ3) is 10.00. The molecular formula is C73H50BrClN8O. The van der Waals surface area contributed by atoms with E-state index >= 15 is 0 Å². The van der Waals surface area contributed by atoms with Gasteiger partial charge in [-0.25, -0.2) is 19.9 Å². The van der Waals surface area contributed by atoms with Crippen LogP contribution in [0, 0.1) is 0 Å². The van der Waals surface area contributed by atoms with Gasteiger partial charge in [-0.3, -0.25) is 9.20 Å². The van der Waals surface area contributed by atoms with Crippen LogP contribution in [-0.4, -0.2) is 35.6 Å². The second-order valence-electron chi connectivity index (χ2n) is 20.0. The number of aromatic nitrogens is 6. The highest BCUT2D eigenvalue weighted by molar-refractivity contribution is 9.10. The molecule has 5 N–H and O–H groups in total. The Labute approximate surface area is 495 Å². The summed E-state index contributed by atoms with van der Waals surface area (Å²) in [5.74, 6) is 0.924. The number of nitrogens with zero attached hydrogens (tertiary/aromatic N) is 5. The van der Waals surface area contributed by atoms with Crippen LogP contribution in [0.15, 0.2) is 272 Å². The third-order valence-corrected chi connectivity index (χ3v) is 16.2. The van der Waals surface area contributed by atoms with Crippen LogP contribution in [0.5, 0.6) is 0 Å². The Morgan fingerprint density at radius 3 is 1.51 bits per heavy atom. The number of aldehydes is 1. The van der Waals surface area contributed by atoms with Crippen molar-refractivity contribution in [3.8, 4) is 11.4 Å². The lowest BCUT2D eigenvalue weighted by Gasteiger charge is -2.14. The van der Waals surface area contributed by atoms with Crippen LogP contribution in [-0.2, 0) is 0 Å². The summed E-state index contributed by atoms with van der Waals surface area (Å²) in [6.07, 6.45) is 4.47. The molecular weight excluding hydrogens is 1120 g/mol. The number of hydrogen-bond acceptors (Lipinski definition) is 7. The molecule has 5 heterocycles. The Hall–Kier alpha value is -10.5. The second-order valence-corrected chi connectivity index (χ2v) is 21.2. The van der Waals surface area contributed by atoms with E-state index in [0.29, 0.717) is 21.0 Å². The van der Waals surface area contributed by atoms with Crippen LogP contribution in [0.1, 0.15) is 10.4 Å². The van der Waals surface area contributed by atoms with Crippen molar-refractivity contribution in [2.75, 3.05) is 11.5 Å². The Morgan fingerprint density at radius 1 is 0.429 bits per heavy atom. The molecule has 5 aromatic heterocycles. The van der Waals surface area contributed by atoms with Gasteiger partial charge in [0.15, 0.2) is 6.29 Å². The van der Waals surface area contributed by atoms with Crippen molar-refractivity contribution in [3.05, 3.63) is 282 Å². The largest absolute Gasteiger partial charge is 0.397 e. The van der Waals surface area contributed by atoms with Gasteiger partial charge in [-0.2, -0.15) is 0 Å². The number of aromatic amines is 1. The summed E-state index contributed by atoms with van der Waals surface area (Å²) < 4.78 is 2.91. The van der Waals surface area contributed by atoms with Gasteiger partial charge in [-0.15, -0.1) is 0 Å². The van der Waals surface area contributed by atoms with Gasteiger partial charge in [0.25, 0.3) is 0 Å².